The smallest absolute Gasteiger partial charge is 0.224 e. The number of imidazole rings is 1. The lowest BCUT2D eigenvalue weighted by Crippen LogP contribution is -2.42. The largest absolute Gasteiger partial charge is 0.415 e. The first-order chi connectivity index (χ1) is 10.6. The van der Waals surface area contributed by atoms with E-state index in [9.17, 15) is 0 Å². The van der Waals surface area contributed by atoms with Gasteiger partial charge >= 0.3 is 0 Å². The van der Waals surface area contributed by atoms with Gasteiger partial charge in [0.15, 0.2) is 14.0 Å². The van der Waals surface area contributed by atoms with Gasteiger partial charge in [0.1, 0.15) is 5.52 Å². The van der Waals surface area contributed by atoms with Gasteiger partial charge < -0.3 is 8.99 Å². The molecule has 0 N–H and O–H groups in total. The maximum Gasteiger partial charge on any atom is 0.224 e. The Hall–Kier alpha value is -0.983. The minimum absolute atomic E-state index is 0.194. The summed E-state index contributed by atoms with van der Waals surface area (Å²) in [5, 5.41) is 0.460. The van der Waals surface area contributed by atoms with Crippen LogP contribution in [-0.2, 0) is 4.43 Å². The molecule has 1 unspecified atom stereocenters. The molecule has 0 saturated heterocycles. The zero-order valence-electron chi connectivity index (χ0n) is 15.1. The maximum absolute atomic E-state index is 6.39. The highest BCUT2D eigenvalue weighted by Crippen LogP contribution is 2.37. The summed E-state index contributed by atoms with van der Waals surface area (Å²) in [7, 11) is -1.78. The number of hydrogen-bond acceptors (Lipinski definition) is 4. The van der Waals surface area contributed by atoms with Gasteiger partial charge in [0.05, 0.1) is 24.7 Å². The van der Waals surface area contributed by atoms with Gasteiger partial charge in [-0.1, -0.05) is 27.7 Å². The van der Waals surface area contributed by atoms with Crippen molar-refractivity contribution in [2.75, 3.05) is 6.61 Å². The van der Waals surface area contributed by atoms with Crippen LogP contribution in [-0.4, -0.2) is 34.4 Å². The van der Waals surface area contributed by atoms with Crippen LogP contribution in [0.4, 0.5) is 0 Å². The second kappa shape index (κ2) is 6.49. The maximum atomic E-state index is 6.39. The molecule has 0 spiro atoms. The lowest BCUT2D eigenvalue weighted by atomic mass is 10.2. The summed E-state index contributed by atoms with van der Waals surface area (Å²) >= 11 is 6.02. The number of aryl methyl sites for hydroxylation is 1. The fourth-order valence-corrected chi connectivity index (χ4v) is 3.46. The predicted octanol–water partition coefficient (Wildman–Crippen LogP) is 4.76. The molecule has 0 amide bonds. The Balaban J connectivity index is 2.29. The molecule has 0 aliphatic heterocycles. The Bertz CT molecular complexity index is 693. The molecule has 2 aromatic rings. The Morgan fingerprint density at radius 1 is 1.30 bits per heavy atom. The van der Waals surface area contributed by atoms with E-state index in [0.29, 0.717) is 6.61 Å². The molecule has 2 aromatic heterocycles. The van der Waals surface area contributed by atoms with E-state index in [1.807, 2.05) is 13.3 Å². The zero-order chi connectivity index (χ0) is 17.4. The summed E-state index contributed by atoms with van der Waals surface area (Å²) in [4.78, 5) is 13.0. The van der Waals surface area contributed by atoms with Gasteiger partial charge in [0, 0.05) is 0 Å². The van der Waals surface area contributed by atoms with Crippen LogP contribution in [0, 0.1) is 6.92 Å². The predicted molar refractivity (Wildman–Crippen MR) is 97.5 cm³/mol. The summed E-state index contributed by atoms with van der Waals surface area (Å²) in [5.41, 5.74) is 2.40. The molecule has 7 heteroatoms. The van der Waals surface area contributed by atoms with E-state index in [4.69, 9.17) is 16.0 Å². The van der Waals surface area contributed by atoms with Crippen molar-refractivity contribution in [3.05, 3.63) is 17.3 Å². The number of hydrogen-bond donors (Lipinski definition) is 0. The normalized spacial score (nSPS) is 14.4. The monoisotopic (exact) mass is 354 g/mol. The lowest BCUT2D eigenvalue weighted by molar-refractivity contribution is 0.227. The third-order valence-corrected chi connectivity index (χ3v) is 9.55. The van der Waals surface area contributed by atoms with Crippen LogP contribution in [0.5, 0.6) is 0 Å². The summed E-state index contributed by atoms with van der Waals surface area (Å²) in [5.74, 6) is 0. The van der Waals surface area contributed by atoms with Crippen LogP contribution in [0.2, 0.25) is 23.4 Å². The molecule has 0 aliphatic rings. The lowest BCUT2D eigenvalue weighted by Gasteiger charge is -2.37. The van der Waals surface area contributed by atoms with Crippen molar-refractivity contribution >= 4 is 31.1 Å². The van der Waals surface area contributed by atoms with E-state index in [2.05, 4.69) is 60.3 Å². The van der Waals surface area contributed by atoms with E-state index in [-0.39, 0.29) is 16.4 Å². The quantitative estimate of drug-likeness (QED) is 0.573. The highest BCUT2D eigenvalue weighted by Gasteiger charge is 2.37. The first-order valence-corrected chi connectivity index (χ1v) is 11.4. The number of aromatic nitrogens is 4. The van der Waals surface area contributed by atoms with E-state index >= 15 is 0 Å². The van der Waals surface area contributed by atoms with Crippen LogP contribution in [0.15, 0.2) is 6.33 Å². The Kier molecular flexibility index (Phi) is 5.18. The van der Waals surface area contributed by atoms with Crippen LogP contribution in [0.3, 0.4) is 0 Å². The third kappa shape index (κ3) is 3.75. The van der Waals surface area contributed by atoms with Crippen molar-refractivity contribution in [2.24, 2.45) is 0 Å². The van der Waals surface area contributed by atoms with Gasteiger partial charge in [-0.25, -0.2) is 9.97 Å². The molecule has 0 aliphatic carbocycles. The molecule has 128 valence electrons. The van der Waals surface area contributed by atoms with Crippen LogP contribution in [0.1, 0.15) is 45.9 Å². The van der Waals surface area contributed by atoms with Crippen molar-refractivity contribution in [2.45, 2.75) is 65.2 Å². The topological polar surface area (TPSA) is 52.8 Å². The first kappa shape index (κ1) is 18.4. The van der Waals surface area contributed by atoms with Crippen molar-refractivity contribution in [1.82, 2.24) is 19.5 Å². The van der Waals surface area contributed by atoms with Gasteiger partial charge in [0.25, 0.3) is 0 Å². The number of rotatable bonds is 5. The molecule has 0 saturated carbocycles. The highest BCUT2D eigenvalue weighted by atomic mass is 35.5. The van der Waals surface area contributed by atoms with Crippen LogP contribution < -0.4 is 0 Å². The van der Waals surface area contributed by atoms with Gasteiger partial charge in [-0.05, 0) is 43.1 Å². The molecule has 23 heavy (non-hydrogen) atoms. The zero-order valence-corrected chi connectivity index (χ0v) is 16.9. The highest BCUT2D eigenvalue weighted by molar-refractivity contribution is 6.74. The molecule has 0 fully saturated rings. The first-order valence-electron chi connectivity index (χ1n) is 8.07. The van der Waals surface area contributed by atoms with Gasteiger partial charge in [-0.3, -0.25) is 0 Å². The van der Waals surface area contributed by atoms with Gasteiger partial charge in [0.2, 0.25) is 5.28 Å². The minimum atomic E-state index is -1.78. The SMILES string of the molecule is CCC(CO[Si](C)(C)C(C)(C)C)n1cnc2c(C)nc(Cl)nc21. The summed E-state index contributed by atoms with van der Waals surface area (Å²) in [6, 6.07) is 0.194. The molecule has 0 bridgehead atoms. The van der Waals surface area contributed by atoms with Gasteiger partial charge in [-0.2, -0.15) is 4.98 Å². The average Bonchev–Trinajstić information content (AvgIpc) is 2.82. The number of nitrogens with zero attached hydrogens (tertiary/aromatic N) is 4. The molecule has 1 atom stereocenters. The minimum Gasteiger partial charge on any atom is -0.415 e. The van der Waals surface area contributed by atoms with Crippen molar-refractivity contribution < 1.29 is 4.43 Å². The average molecular weight is 355 g/mol. The molecule has 2 rings (SSSR count). The molecular weight excluding hydrogens is 328 g/mol. The Morgan fingerprint density at radius 2 is 1.96 bits per heavy atom. The fourth-order valence-electron chi connectivity index (χ4n) is 2.21. The van der Waals surface area contributed by atoms with Crippen molar-refractivity contribution in [3.8, 4) is 0 Å². The van der Waals surface area contributed by atoms with Crippen molar-refractivity contribution in [1.29, 1.82) is 0 Å². The summed E-state index contributed by atoms with van der Waals surface area (Å²) in [6.45, 7) is 16.0. The molecule has 5 nitrogen and oxygen atoms in total. The molecule has 0 radical (unpaired) electrons. The van der Waals surface area contributed by atoms with E-state index < -0.39 is 8.32 Å². The number of fused-ring (bicyclic) bond motifs is 1. The van der Waals surface area contributed by atoms with Crippen LogP contribution in [0.25, 0.3) is 11.2 Å². The molecule has 0 aromatic carbocycles. The molecule has 2 heterocycles. The number of halogens is 1. The van der Waals surface area contributed by atoms with Crippen molar-refractivity contribution in [3.63, 3.8) is 0 Å². The van der Waals surface area contributed by atoms with E-state index in [1.165, 1.54) is 0 Å². The Morgan fingerprint density at radius 3 is 2.52 bits per heavy atom. The van der Waals surface area contributed by atoms with Gasteiger partial charge in [-0.15, -0.1) is 0 Å². The van der Waals surface area contributed by atoms with E-state index in [1.54, 1.807) is 0 Å². The third-order valence-electron chi connectivity index (χ3n) is 4.88. The fraction of sp³-hybridized carbons (Fsp3) is 0.688. The van der Waals surface area contributed by atoms with Crippen LogP contribution >= 0.6 is 11.6 Å². The Labute approximate surface area is 144 Å². The second-order valence-electron chi connectivity index (χ2n) is 7.54. The molecular formula is C16H27ClN4OSi. The van der Waals surface area contributed by atoms with E-state index in [0.717, 1.165) is 23.3 Å². The second-order valence-corrected chi connectivity index (χ2v) is 12.7. The summed E-state index contributed by atoms with van der Waals surface area (Å²) in [6.07, 6.45) is 2.77. The summed E-state index contributed by atoms with van der Waals surface area (Å²) < 4.78 is 8.47. The standard InChI is InChI=1S/C16H27ClN4OSi/c1-8-12(9-22-23(6,7)16(3,4)5)21-10-18-13-11(2)19-15(17)20-14(13)21/h10,12H,8-9H2,1-7H3.